The fourth-order valence-corrected chi connectivity index (χ4v) is 2.59. The second-order valence-corrected chi connectivity index (χ2v) is 5.12. The number of fused-ring (bicyclic) bond motifs is 1. The second-order valence-electron chi connectivity index (χ2n) is 4.68. The molecule has 0 aliphatic carbocycles. The molecule has 2 nitrogen and oxygen atoms in total. The van der Waals surface area contributed by atoms with Crippen molar-refractivity contribution in [3.05, 3.63) is 71.7 Å². The minimum Gasteiger partial charge on any atom is -0.389 e. The van der Waals surface area contributed by atoms with Gasteiger partial charge in [-0.25, -0.2) is 4.39 Å². The molecule has 100 valence electrons. The first kappa shape index (κ1) is 12.8. The van der Waals surface area contributed by atoms with Crippen molar-refractivity contribution >= 4 is 28.1 Å². The average Bonchev–Trinajstić information content (AvgIpc) is 2.82. The van der Waals surface area contributed by atoms with E-state index in [2.05, 4.69) is 4.57 Å². The van der Waals surface area contributed by atoms with E-state index in [1.54, 1.807) is 12.1 Å². The van der Waals surface area contributed by atoms with Gasteiger partial charge in [0.15, 0.2) is 0 Å². The maximum absolute atomic E-state index is 13.2. The zero-order chi connectivity index (χ0) is 14.1. The van der Waals surface area contributed by atoms with Gasteiger partial charge in [0, 0.05) is 29.2 Å². The summed E-state index contributed by atoms with van der Waals surface area (Å²) in [6, 6.07) is 14.5. The molecular weight excluding hydrogens is 271 g/mol. The number of hydrogen-bond acceptors (Lipinski definition) is 1. The molecule has 1 heterocycles. The number of halogens is 1. The van der Waals surface area contributed by atoms with Gasteiger partial charge in [-0.1, -0.05) is 36.5 Å². The van der Waals surface area contributed by atoms with Crippen molar-refractivity contribution in [1.82, 2.24) is 4.57 Å². The van der Waals surface area contributed by atoms with Gasteiger partial charge in [-0.15, -0.1) is 0 Å². The third-order valence-electron chi connectivity index (χ3n) is 3.32. The van der Waals surface area contributed by atoms with Gasteiger partial charge in [0.2, 0.25) is 0 Å². The summed E-state index contributed by atoms with van der Waals surface area (Å²) in [6.07, 6.45) is 1.97. The fraction of sp³-hybridized carbons (Fsp3) is 0.0625. The molecule has 0 saturated heterocycles. The first-order chi connectivity index (χ1) is 9.65. The lowest BCUT2D eigenvalue weighted by molar-refractivity contribution is 0.624. The smallest absolute Gasteiger partial charge is 0.123 e. The van der Waals surface area contributed by atoms with Crippen molar-refractivity contribution in [3.8, 4) is 0 Å². The fourth-order valence-electron chi connectivity index (χ4n) is 2.41. The molecular formula is C16H13FN2S. The van der Waals surface area contributed by atoms with Crippen LogP contribution in [0.1, 0.15) is 11.1 Å². The third-order valence-corrected chi connectivity index (χ3v) is 3.54. The first-order valence-corrected chi connectivity index (χ1v) is 6.68. The Morgan fingerprint density at radius 2 is 1.95 bits per heavy atom. The van der Waals surface area contributed by atoms with Gasteiger partial charge < -0.3 is 10.3 Å². The van der Waals surface area contributed by atoms with Crippen LogP contribution in [0.5, 0.6) is 0 Å². The highest BCUT2D eigenvalue weighted by Gasteiger charge is 2.07. The van der Waals surface area contributed by atoms with Crippen LogP contribution in [0.2, 0.25) is 0 Å². The number of hydrogen-bond donors (Lipinski definition) is 1. The standard InChI is InChI=1S/C16H13FN2S/c17-12-4-1-3-11(9-12)10-19-8-7-13-14(16(18)20)5-2-6-15(13)19/h1-9H,10H2,(H2,18,20). The van der Waals surface area contributed by atoms with E-state index in [9.17, 15) is 4.39 Å². The van der Waals surface area contributed by atoms with E-state index in [4.69, 9.17) is 18.0 Å². The molecule has 2 N–H and O–H groups in total. The number of nitrogens with zero attached hydrogens (tertiary/aromatic N) is 1. The van der Waals surface area contributed by atoms with Crippen LogP contribution in [-0.4, -0.2) is 9.56 Å². The predicted octanol–water partition coefficient (Wildman–Crippen LogP) is 3.46. The Balaban J connectivity index is 2.05. The molecule has 0 bridgehead atoms. The van der Waals surface area contributed by atoms with Gasteiger partial charge >= 0.3 is 0 Å². The number of nitrogens with two attached hydrogens (primary N) is 1. The van der Waals surface area contributed by atoms with Crippen LogP contribution in [0.3, 0.4) is 0 Å². The summed E-state index contributed by atoms with van der Waals surface area (Å²) >= 11 is 5.06. The molecule has 0 unspecified atom stereocenters. The lowest BCUT2D eigenvalue weighted by Gasteiger charge is -2.07. The van der Waals surface area contributed by atoms with Crippen LogP contribution >= 0.6 is 12.2 Å². The van der Waals surface area contributed by atoms with Crippen LogP contribution in [0.4, 0.5) is 4.39 Å². The van der Waals surface area contributed by atoms with Crippen LogP contribution in [0, 0.1) is 5.82 Å². The van der Waals surface area contributed by atoms with Crippen LogP contribution in [0.25, 0.3) is 10.9 Å². The van der Waals surface area contributed by atoms with Crippen LogP contribution in [0.15, 0.2) is 54.7 Å². The molecule has 0 aliphatic heterocycles. The van der Waals surface area contributed by atoms with Gasteiger partial charge in [-0.2, -0.15) is 0 Å². The molecule has 0 radical (unpaired) electrons. The molecule has 0 spiro atoms. The zero-order valence-electron chi connectivity index (χ0n) is 10.7. The van der Waals surface area contributed by atoms with Crippen LogP contribution < -0.4 is 5.73 Å². The minimum absolute atomic E-state index is 0.220. The Labute approximate surface area is 121 Å². The summed E-state index contributed by atoms with van der Waals surface area (Å²) in [7, 11) is 0. The van der Waals surface area contributed by atoms with Crippen molar-refractivity contribution < 1.29 is 4.39 Å². The Hall–Kier alpha value is -2.20. The summed E-state index contributed by atoms with van der Waals surface area (Å²) in [6.45, 7) is 0.613. The molecule has 1 aromatic heterocycles. The lowest BCUT2D eigenvalue weighted by Crippen LogP contribution is -2.09. The highest BCUT2D eigenvalue weighted by Crippen LogP contribution is 2.21. The topological polar surface area (TPSA) is 30.9 Å². The minimum atomic E-state index is -0.220. The molecule has 0 saturated carbocycles. The summed E-state index contributed by atoms with van der Waals surface area (Å²) in [5.74, 6) is -0.220. The first-order valence-electron chi connectivity index (χ1n) is 6.27. The van der Waals surface area contributed by atoms with E-state index < -0.39 is 0 Å². The molecule has 20 heavy (non-hydrogen) atoms. The highest BCUT2D eigenvalue weighted by atomic mass is 32.1. The van der Waals surface area contributed by atoms with Crippen molar-refractivity contribution in [2.75, 3.05) is 0 Å². The number of aromatic nitrogens is 1. The monoisotopic (exact) mass is 284 g/mol. The second kappa shape index (κ2) is 5.06. The normalized spacial score (nSPS) is 10.8. The Kier molecular flexibility index (Phi) is 3.24. The maximum atomic E-state index is 13.2. The number of rotatable bonds is 3. The van der Waals surface area contributed by atoms with Gasteiger partial charge in [0.05, 0.1) is 0 Å². The Morgan fingerprint density at radius 3 is 2.70 bits per heavy atom. The van der Waals surface area contributed by atoms with Crippen molar-refractivity contribution in [3.63, 3.8) is 0 Å². The summed E-state index contributed by atoms with van der Waals surface area (Å²) < 4.78 is 15.3. The molecule has 3 rings (SSSR count). The molecule has 3 aromatic rings. The average molecular weight is 284 g/mol. The lowest BCUT2D eigenvalue weighted by atomic mass is 10.1. The Morgan fingerprint density at radius 1 is 1.15 bits per heavy atom. The van der Waals surface area contributed by atoms with E-state index in [1.165, 1.54) is 6.07 Å². The number of thiocarbonyl (C=S) groups is 1. The molecule has 0 amide bonds. The summed E-state index contributed by atoms with van der Waals surface area (Å²) in [4.78, 5) is 0.388. The maximum Gasteiger partial charge on any atom is 0.123 e. The highest BCUT2D eigenvalue weighted by molar-refractivity contribution is 7.80. The largest absolute Gasteiger partial charge is 0.389 e. The van der Waals surface area contributed by atoms with Crippen molar-refractivity contribution in [2.45, 2.75) is 6.54 Å². The van der Waals surface area contributed by atoms with E-state index >= 15 is 0 Å². The molecule has 0 atom stereocenters. The molecule has 2 aromatic carbocycles. The molecule has 0 aliphatic rings. The van der Waals surface area contributed by atoms with Crippen LogP contribution in [-0.2, 0) is 6.54 Å². The quantitative estimate of drug-likeness (QED) is 0.747. The Bertz CT molecular complexity index is 792. The van der Waals surface area contributed by atoms with Gasteiger partial charge in [-0.3, -0.25) is 0 Å². The molecule has 0 fully saturated rings. The van der Waals surface area contributed by atoms with E-state index in [-0.39, 0.29) is 5.82 Å². The van der Waals surface area contributed by atoms with E-state index in [0.717, 1.165) is 22.0 Å². The van der Waals surface area contributed by atoms with E-state index in [1.807, 2.05) is 36.5 Å². The molecule has 4 heteroatoms. The van der Waals surface area contributed by atoms with Crippen molar-refractivity contribution in [2.24, 2.45) is 5.73 Å². The van der Waals surface area contributed by atoms with Gasteiger partial charge in [0.1, 0.15) is 10.8 Å². The predicted molar refractivity (Wildman–Crippen MR) is 83.3 cm³/mol. The van der Waals surface area contributed by atoms with Gasteiger partial charge in [-0.05, 0) is 29.8 Å². The summed E-state index contributed by atoms with van der Waals surface area (Å²) in [5, 5.41) is 1.02. The zero-order valence-corrected chi connectivity index (χ0v) is 11.5. The SMILES string of the molecule is NC(=S)c1cccc2c1ccn2Cc1cccc(F)c1. The number of benzene rings is 2. The van der Waals surface area contributed by atoms with Gasteiger partial charge in [0.25, 0.3) is 0 Å². The van der Waals surface area contributed by atoms with Crippen molar-refractivity contribution in [1.29, 1.82) is 0 Å². The third kappa shape index (κ3) is 2.30. The summed E-state index contributed by atoms with van der Waals surface area (Å²) in [5.41, 5.74) is 8.57. The van der Waals surface area contributed by atoms with E-state index in [0.29, 0.717) is 11.5 Å².